The van der Waals surface area contributed by atoms with E-state index in [2.05, 4.69) is 44.4 Å². The fraction of sp³-hybridized carbons (Fsp3) is 1.00. The predicted octanol–water partition coefficient (Wildman–Crippen LogP) is 2.84. The van der Waals surface area contributed by atoms with Gasteiger partial charge in [0.05, 0.1) is 0 Å². The summed E-state index contributed by atoms with van der Waals surface area (Å²) in [5.41, 5.74) is 0.102. The molecule has 0 rings (SSSR count). The summed E-state index contributed by atoms with van der Waals surface area (Å²) < 4.78 is 0. The van der Waals surface area contributed by atoms with Crippen molar-refractivity contribution in [3.63, 3.8) is 0 Å². The van der Waals surface area contributed by atoms with Crippen LogP contribution in [0.2, 0.25) is 0 Å². The number of hydrogen-bond acceptors (Lipinski definition) is 3. The topological polar surface area (TPSA) is 26.7 Å². The zero-order valence-corrected chi connectivity index (χ0v) is 13.9. The van der Waals surface area contributed by atoms with Gasteiger partial charge >= 0.3 is 0 Å². The van der Waals surface area contributed by atoms with Gasteiger partial charge in [-0.3, -0.25) is 0 Å². The van der Waals surface area contributed by atoms with Crippen molar-refractivity contribution in [2.24, 2.45) is 5.41 Å². The second-order valence-corrected chi connectivity index (χ2v) is 5.61. The molecule has 0 aliphatic carbocycles. The van der Waals surface area contributed by atoms with Gasteiger partial charge in [0.2, 0.25) is 0 Å². The highest BCUT2D eigenvalue weighted by atomic mass is 16.3. The molecule has 0 atom stereocenters. The van der Waals surface area contributed by atoms with Crippen LogP contribution in [0.25, 0.3) is 0 Å². The highest BCUT2D eigenvalue weighted by molar-refractivity contribution is 4.79. The second kappa shape index (κ2) is 10.6. The van der Waals surface area contributed by atoms with Gasteiger partial charge in [0.25, 0.3) is 0 Å². The van der Waals surface area contributed by atoms with E-state index >= 15 is 0 Å². The maximum atomic E-state index is 9.68. The van der Waals surface area contributed by atoms with Crippen LogP contribution in [0.5, 0.6) is 0 Å². The average molecular weight is 272 g/mol. The molecular weight excluding hydrogens is 236 g/mol. The maximum absolute atomic E-state index is 9.68. The predicted molar refractivity (Wildman–Crippen MR) is 84.6 cm³/mol. The monoisotopic (exact) mass is 272 g/mol. The molecule has 116 valence electrons. The molecule has 0 fully saturated rings. The molecule has 0 saturated heterocycles. The molecule has 0 aromatic carbocycles. The van der Waals surface area contributed by atoms with Crippen molar-refractivity contribution in [3.8, 4) is 0 Å². The summed E-state index contributed by atoms with van der Waals surface area (Å²) in [7, 11) is 0. The van der Waals surface area contributed by atoms with Crippen LogP contribution in [0.15, 0.2) is 0 Å². The summed E-state index contributed by atoms with van der Waals surface area (Å²) in [6.45, 7) is 18.1. The van der Waals surface area contributed by atoms with E-state index in [1.165, 1.54) is 13.0 Å². The average Bonchev–Trinajstić information content (AvgIpc) is 2.47. The molecule has 0 unspecified atom stereocenters. The molecule has 0 aliphatic heterocycles. The van der Waals surface area contributed by atoms with E-state index in [0.717, 1.165) is 45.6 Å². The van der Waals surface area contributed by atoms with Crippen molar-refractivity contribution < 1.29 is 5.11 Å². The molecule has 0 saturated carbocycles. The van der Waals surface area contributed by atoms with E-state index in [4.69, 9.17) is 0 Å². The maximum Gasteiger partial charge on any atom is 0.0499 e. The molecule has 0 aromatic heterocycles. The zero-order chi connectivity index (χ0) is 14.7. The molecule has 3 nitrogen and oxygen atoms in total. The minimum absolute atomic E-state index is 0.102. The van der Waals surface area contributed by atoms with Gasteiger partial charge in [-0.05, 0) is 52.0 Å². The molecule has 0 spiro atoms. The quantitative estimate of drug-likeness (QED) is 0.592. The lowest BCUT2D eigenvalue weighted by molar-refractivity contribution is 0.0660. The highest BCUT2D eigenvalue weighted by Gasteiger charge is 2.27. The van der Waals surface area contributed by atoms with E-state index in [1.807, 2.05) is 0 Å². The summed E-state index contributed by atoms with van der Waals surface area (Å²) in [4.78, 5) is 4.99. The van der Waals surface area contributed by atoms with Crippen LogP contribution >= 0.6 is 0 Å². The Morgan fingerprint density at radius 3 is 1.63 bits per heavy atom. The summed E-state index contributed by atoms with van der Waals surface area (Å²) in [5.74, 6) is 0. The van der Waals surface area contributed by atoms with E-state index in [0.29, 0.717) is 6.61 Å². The van der Waals surface area contributed by atoms with Crippen LogP contribution in [0, 0.1) is 5.41 Å². The smallest absolute Gasteiger partial charge is 0.0499 e. The van der Waals surface area contributed by atoms with Crippen LogP contribution in [0.3, 0.4) is 0 Å². The van der Waals surface area contributed by atoms with Crippen molar-refractivity contribution in [2.45, 2.75) is 53.9 Å². The minimum Gasteiger partial charge on any atom is -0.396 e. The Labute approximate surface area is 121 Å². The molecule has 0 aromatic rings. The molecule has 1 N–H and O–H groups in total. The summed E-state index contributed by atoms with van der Waals surface area (Å²) in [5, 5.41) is 9.68. The van der Waals surface area contributed by atoms with Gasteiger partial charge in [-0.2, -0.15) is 0 Å². The molecule has 0 aliphatic rings. The summed E-state index contributed by atoms with van der Waals surface area (Å²) in [6, 6.07) is 0. The third-order valence-corrected chi connectivity index (χ3v) is 4.68. The Hall–Kier alpha value is -0.120. The molecule has 0 radical (unpaired) electrons. The number of aliphatic hydroxyl groups is 1. The van der Waals surface area contributed by atoms with E-state index in [-0.39, 0.29) is 5.41 Å². The highest BCUT2D eigenvalue weighted by Crippen LogP contribution is 2.26. The summed E-state index contributed by atoms with van der Waals surface area (Å²) in [6.07, 6.45) is 3.35. The Kier molecular flexibility index (Phi) is 10.6. The minimum atomic E-state index is 0.102. The Morgan fingerprint density at radius 1 is 0.789 bits per heavy atom. The molecule has 0 heterocycles. The first-order valence-corrected chi connectivity index (χ1v) is 8.16. The van der Waals surface area contributed by atoms with Crippen LogP contribution in [-0.4, -0.2) is 60.8 Å². The third-order valence-electron chi connectivity index (χ3n) is 4.68. The largest absolute Gasteiger partial charge is 0.396 e. The fourth-order valence-electron chi connectivity index (χ4n) is 2.63. The van der Waals surface area contributed by atoms with Crippen molar-refractivity contribution in [1.82, 2.24) is 9.80 Å². The van der Waals surface area contributed by atoms with Crippen LogP contribution in [0.4, 0.5) is 0 Å². The Morgan fingerprint density at radius 2 is 1.26 bits per heavy atom. The fourth-order valence-corrected chi connectivity index (χ4v) is 2.63. The first-order valence-electron chi connectivity index (χ1n) is 8.16. The van der Waals surface area contributed by atoms with Gasteiger partial charge in [0.1, 0.15) is 0 Å². The van der Waals surface area contributed by atoms with Crippen molar-refractivity contribution >= 4 is 0 Å². The summed E-state index contributed by atoms with van der Waals surface area (Å²) >= 11 is 0. The number of aliphatic hydroxyl groups excluding tert-OH is 1. The molecule has 0 bridgehead atoms. The number of nitrogens with zero attached hydrogens (tertiary/aromatic N) is 2. The second-order valence-electron chi connectivity index (χ2n) is 5.61. The van der Waals surface area contributed by atoms with Gasteiger partial charge < -0.3 is 14.9 Å². The van der Waals surface area contributed by atoms with E-state index < -0.39 is 0 Å². The normalized spacial score (nSPS) is 12.6. The van der Waals surface area contributed by atoms with Crippen LogP contribution < -0.4 is 0 Å². The molecule has 19 heavy (non-hydrogen) atoms. The van der Waals surface area contributed by atoms with Gasteiger partial charge in [-0.25, -0.2) is 0 Å². The zero-order valence-electron chi connectivity index (χ0n) is 13.9. The van der Waals surface area contributed by atoms with E-state index in [9.17, 15) is 5.11 Å². The lowest BCUT2D eigenvalue weighted by Crippen LogP contribution is -2.40. The number of hydrogen-bond donors (Lipinski definition) is 1. The first kappa shape index (κ1) is 18.9. The van der Waals surface area contributed by atoms with Gasteiger partial charge in [0, 0.05) is 18.6 Å². The standard InChI is InChI=1S/C16H36N2O/c1-6-16(7-2,15-19)14-18(10-5)13-11-12-17(8-3)9-4/h19H,6-15H2,1-5H3. The van der Waals surface area contributed by atoms with Gasteiger partial charge in [0.15, 0.2) is 0 Å². The van der Waals surface area contributed by atoms with Crippen LogP contribution in [-0.2, 0) is 0 Å². The SMILES string of the molecule is CCN(CC)CCCN(CC)CC(CC)(CC)CO. The lowest BCUT2D eigenvalue weighted by Gasteiger charge is -2.35. The Bertz CT molecular complexity index is 193. The van der Waals surface area contributed by atoms with Gasteiger partial charge in [-0.15, -0.1) is 0 Å². The molecule has 3 heteroatoms. The van der Waals surface area contributed by atoms with Crippen molar-refractivity contribution in [3.05, 3.63) is 0 Å². The van der Waals surface area contributed by atoms with Crippen molar-refractivity contribution in [1.29, 1.82) is 0 Å². The molecule has 0 amide bonds. The first-order chi connectivity index (χ1) is 9.11. The number of rotatable bonds is 12. The van der Waals surface area contributed by atoms with Gasteiger partial charge in [-0.1, -0.05) is 34.6 Å². The molecular formula is C16H36N2O. The van der Waals surface area contributed by atoms with Crippen LogP contribution in [0.1, 0.15) is 53.9 Å². The third kappa shape index (κ3) is 6.73. The van der Waals surface area contributed by atoms with Crippen molar-refractivity contribution in [2.75, 3.05) is 45.9 Å². The Balaban J connectivity index is 4.20. The van der Waals surface area contributed by atoms with E-state index in [1.54, 1.807) is 0 Å². The lowest BCUT2D eigenvalue weighted by atomic mass is 9.82.